The Bertz CT molecular complexity index is 632. The lowest BCUT2D eigenvalue weighted by atomic mass is 10.0. The maximum absolute atomic E-state index is 12.8. The van der Waals surface area contributed by atoms with E-state index in [1.54, 1.807) is 12.4 Å². The summed E-state index contributed by atoms with van der Waals surface area (Å²) < 4.78 is 0. The van der Waals surface area contributed by atoms with Crippen molar-refractivity contribution >= 4 is 17.7 Å². The number of hydrogen-bond acceptors (Lipinski definition) is 3. The highest BCUT2D eigenvalue weighted by Crippen LogP contribution is 2.36. The van der Waals surface area contributed by atoms with E-state index in [-0.39, 0.29) is 11.9 Å². The molecule has 0 spiro atoms. The summed E-state index contributed by atoms with van der Waals surface area (Å²) >= 11 is 1.95. The van der Waals surface area contributed by atoms with Crippen LogP contribution in [0.2, 0.25) is 0 Å². The van der Waals surface area contributed by atoms with Crippen LogP contribution in [0.4, 0.5) is 0 Å². The molecular formula is C19H22N2OS. The number of thioether (sulfide) groups is 1. The van der Waals surface area contributed by atoms with E-state index in [4.69, 9.17) is 0 Å². The average molecular weight is 326 g/mol. The molecule has 0 unspecified atom stereocenters. The van der Waals surface area contributed by atoms with Gasteiger partial charge in [0.2, 0.25) is 5.91 Å². The van der Waals surface area contributed by atoms with Crippen molar-refractivity contribution in [3.8, 4) is 0 Å². The minimum Gasteiger partial charge on any atom is -0.334 e. The Kier molecular flexibility index (Phi) is 5.34. The second kappa shape index (κ2) is 7.64. The Morgan fingerprint density at radius 2 is 1.96 bits per heavy atom. The first-order valence-electron chi connectivity index (χ1n) is 8.10. The molecule has 1 aromatic carbocycles. The van der Waals surface area contributed by atoms with E-state index in [1.165, 1.54) is 11.1 Å². The second-order valence-electron chi connectivity index (χ2n) is 5.87. The molecule has 0 radical (unpaired) electrons. The fraction of sp³-hybridized carbons (Fsp3) is 0.368. The number of nitrogens with zero attached hydrogens (tertiary/aromatic N) is 2. The van der Waals surface area contributed by atoms with Crippen LogP contribution in [0.25, 0.3) is 0 Å². The molecule has 2 heterocycles. The SMILES string of the molecule is C[C@@H]1SCCN(C(=O)CCc2ccncc2)[C@@H]1c1ccccc1. The third-order valence-electron chi connectivity index (χ3n) is 4.33. The molecule has 0 N–H and O–H groups in total. The molecule has 0 saturated carbocycles. The smallest absolute Gasteiger partial charge is 0.223 e. The molecule has 1 saturated heterocycles. The maximum atomic E-state index is 12.8. The van der Waals surface area contributed by atoms with Crippen molar-refractivity contribution in [3.05, 3.63) is 66.0 Å². The van der Waals surface area contributed by atoms with E-state index >= 15 is 0 Å². The van der Waals surface area contributed by atoms with E-state index in [0.29, 0.717) is 11.7 Å². The molecule has 0 aliphatic carbocycles. The fourth-order valence-electron chi connectivity index (χ4n) is 3.15. The topological polar surface area (TPSA) is 33.2 Å². The highest BCUT2D eigenvalue weighted by molar-refractivity contribution is 8.00. The monoisotopic (exact) mass is 326 g/mol. The molecule has 3 nitrogen and oxygen atoms in total. The lowest BCUT2D eigenvalue weighted by molar-refractivity contribution is -0.133. The van der Waals surface area contributed by atoms with Gasteiger partial charge in [0.15, 0.2) is 0 Å². The Labute approximate surface area is 142 Å². The van der Waals surface area contributed by atoms with Gasteiger partial charge in [0.1, 0.15) is 0 Å². The summed E-state index contributed by atoms with van der Waals surface area (Å²) in [4.78, 5) is 18.9. The van der Waals surface area contributed by atoms with Crippen molar-refractivity contribution in [2.75, 3.05) is 12.3 Å². The van der Waals surface area contributed by atoms with Crippen LogP contribution >= 0.6 is 11.8 Å². The number of aromatic nitrogens is 1. The molecule has 0 bridgehead atoms. The number of amides is 1. The summed E-state index contributed by atoms with van der Waals surface area (Å²) in [5, 5.41) is 0.427. The van der Waals surface area contributed by atoms with Gasteiger partial charge in [-0.15, -0.1) is 0 Å². The number of hydrogen-bond donors (Lipinski definition) is 0. The van der Waals surface area contributed by atoms with Crippen LogP contribution < -0.4 is 0 Å². The lowest BCUT2D eigenvalue weighted by Crippen LogP contribution is -2.44. The van der Waals surface area contributed by atoms with Crippen LogP contribution in [0.5, 0.6) is 0 Å². The van der Waals surface area contributed by atoms with Crippen molar-refractivity contribution in [2.45, 2.75) is 31.1 Å². The van der Waals surface area contributed by atoms with Crippen LogP contribution in [0.15, 0.2) is 54.9 Å². The number of pyridine rings is 1. The molecular weight excluding hydrogens is 304 g/mol. The first-order chi connectivity index (χ1) is 11.3. The van der Waals surface area contributed by atoms with Gasteiger partial charge in [-0.25, -0.2) is 0 Å². The summed E-state index contributed by atoms with van der Waals surface area (Å²) in [7, 11) is 0. The molecule has 2 atom stereocenters. The van der Waals surface area contributed by atoms with Gasteiger partial charge < -0.3 is 4.90 Å². The van der Waals surface area contributed by atoms with Crippen LogP contribution in [0, 0.1) is 0 Å². The minimum absolute atomic E-state index is 0.180. The second-order valence-corrected chi connectivity index (χ2v) is 7.36. The Balaban J connectivity index is 1.72. The zero-order chi connectivity index (χ0) is 16.1. The third-order valence-corrected chi connectivity index (χ3v) is 5.53. The molecule has 1 aliphatic rings. The van der Waals surface area contributed by atoms with Crippen molar-refractivity contribution in [1.82, 2.24) is 9.88 Å². The van der Waals surface area contributed by atoms with E-state index in [2.05, 4.69) is 41.1 Å². The van der Waals surface area contributed by atoms with Crippen LogP contribution in [0.1, 0.15) is 30.5 Å². The summed E-state index contributed by atoms with van der Waals surface area (Å²) in [5.41, 5.74) is 2.41. The standard InChI is InChI=1S/C19H22N2OS/c1-15-19(17-5-3-2-4-6-17)21(13-14-23-15)18(22)8-7-16-9-11-20-12-10-16/h2-6,9-12,15,19H,7-8,13-14H2,1H3/t15-,19-/m0/s1. The number of benzene rings is 1. The molecule has 23 heavy (non-hydrogen) atoms. The molecule has 2 aromatic rings. The van der Waals surface area contributed by atoms with Crippen molar-refractivity contribution in [3.63, 3.8) is 0 Å². The number of carbonyl (C=O) groups excluding carboxylic acids is 1. The molecule has 120 valence electrons. The van der Waals surface area contributed by atoms with Crippen LogP contribution in [-0.2, 0) is 11.2 Å². The summed E-state index contributed by atoms with van der Waals surface area (Å²) in [6.45, 7) is 3.06. The Morgan fingerprint density at radius 3 is 2.70 bits per heavy atom. The first-order valence-corrected chi connectivity index (χ1v) is 9.15. The quantitative estimate of drug-likeness (QED) is 0.858. The van der Waals surface area contributed by atoms with Gasteiger partial charge in [0.25, 0.3) is 0 Å². The zero-order valence-corrected chi connectivity index (χ0v) is 14.2. The largest absolute Gasteiger partial charge is 0.334 e. The normalized spacial score (nSPS) is 21.2. The van der Waals surface area contributed by atoms with Gasteiger partial charge in [-0.1, -0.05) is 37.3 Å². The van der Waals surface area contributed by atoms with E-state index < -0.39 is 0 Å². The predicted octanol–water partition coefficient (Wildman–Crippen LogP) is 3.72. The van der Waals surface area contributed by atoms with Crippen molar-refractivity contribution in [1.29, 1.82) is 0 Å². The lowest BCUT2D eigenvalue weighted by Gasteiger charge is -2.40. The van der Waals surface area contributed by atoms with Gasteiger partial charge in [-0.05, 0) is 29.7 Å². The molecule has 1 fully saturated rings. The van der Waals surface area contributed by atoms with Crippen LogP contribution in [-0.4, -0.2) is 33.3 Å². The Hall–Kier alpha value is -1.81. The van der Waals surface area contributed by atoms with E-state index in [1.807, 2.05) is 30.0 Å². The molecule has 3 rings (SSSR count). The highest BCUT2D eigenvalue weighted by Gasteiger charge is 2.33. The van der Waals surface area contributed by atoms with E-state index in [0.717, 1.165) is 18.7 Å². The fourth-order valence-corrected chi connectivity index (χ4v) is 4.31. The van der Waals surface area contributed by atoms with Crippen molar-refractivity contribution in [2.24, 2.45) is 0 Å². The summed E-state index contributed by atoms with van der Waals surface area (Å²) in [5.74, 6) is 1.27. The molecule has 1 amide bonds. The molecule has 1 aromatic heterocycles. The zero-order valence-electron chi connectivity index (χ0n) is 13.4. The molecule has 4 heteroatoms. The van der Waals surface area contributed by atoms with E-state index in [9.17, 15) is 4.79 Å². The average Bonchev–Trinajstić information content (AvgIpc) is 2.61. The van der Waals surface area contributed by atoms with Crippen molar-refractivity contribution < 1.29 is 4.79 Å². The van der Waals surface area contributed by atoms with Gasteiger partial charge in [0, 0.05) is 36.4 Å². The third kappa shape index (κ3) is 3.94. The van der Waals surface area contributed by atoms with Gasteiger partial charge in [0.05, 0.1) is 6.04 Å². The van der Waals surface area contributed by atoms with Crippen LogP contribution in [0.3, 0.4) is 0 Å². The molecule has 1 aliphatic heterocycles. The Morgan fingerprint density at radius 1 is 1.22 bits per heavy atom. The predicted molar refractivity (Wildman–Crippen MR) is 95.4 cm³/mol. The number of aryl methyl sites for hydroxylation is 1. The summed E-state index contributed by atoms with van der Waals surface area (Å²) in [6.07, 6.45) is 4.91. The minimum atomic E-state index is 0.180. The summed E-state index contributed by atoms with van der Waals surface area (Å²) in [6, 6.07) is 14.6. The number of rotatable bonds is 4. The highest BCUT2D eigenvalue weighted by atomic mass is 32.2. The maximum Gasteiger partial charge on any atom is 0.223 e. The number of carbonyl (C=O) groups is 1. The first kappa shape index (κ1) is 16.1. The van der Waals surface area contributed by atoms with Gasteiger partial charge in [-0.2, -0.15) is 11.8 Å². The van der Waals surface area contributed by atoms with Gasteiger partial charge >= 0.3 is 0 Å². The van der Waals surface area contributed by atoms with Gasteiger partial charge in [-0.3, -0.25) is 9.78 Å².